The van der Waals surface area contributed by atoms with E-state index in [0.717, 1.165) is 103 Å². The average molecular weight is 945 g/mol. The number of carboxylic acid groups (broad SMARTS) is 1. The molecule has 12 nitrogen and oxygen atoms in total. The zero-order chi connectivity index (χ0) is 49.0. The number of esters is 3. The molecule has 12 heteroatoms. The topological polar surface area (TPSA) is 175 Å². The van der Waals surface area contributed by atoms with E-state index in [0.29, 0.717) is 19.3 Å². The molecule has 0 amide bonds. The summed E-state index contributed by atoms with van der Waals surface area (Å²) in [5.74, 6) is -3.19. The van der Waals surface area contributed by atoms with Gasteiger partial charge in [-0.15, -0.1) is 0 Å². The van der Waals surface area contributed by atoms with Gasteiger partial charge in [-0.05, 0) is 83.5 Å². The standard InChI is InChI=1S/C55H92O12/c1-4-7-10-13-16-19-21-23-24-26-27-30-32-35-38-41-47(56)63-44-46(65-48(57)42-39-36-34-31-28-25-22-20-17-14-11-8-5-2)45-64-55-53(51(60)50(59)52(67-55)54(61)62)66-49(58)43-40-37-33-29-18-15-12-9-6-3/h7,10,16,19-20,22-24,27,30,46,50-53,55,59-60H,4-6,8-9,11-15,17-18,21,25-26,28-29,31-45H2,1-3H3,(H,61,62)/b10-7-,19-16-,22-20-,24-23-,30-27-. The number of hydrogen-bond donors (Lipinski definition) is 3. The Morgan fingerprint density at radius 3 is 1.49 bits per heavy atom. The van der Waals surface area contributed by atoms with Crippen LogP contribution in [0.15, 0.2) is 60.8 Å². The molecule has 0 saturated carbocycles. The van der Waals surface area contributed by atoms with Crippen LogP contribution >= 0.6 is 0 Å². The van der Waals surface area contributed by atoms with Crippen molar-refractivity contribution in [3.8, 4) is 0 Å². The minimum atomic E-state index is -1.91. The number of carbonyl (C=O) groups is 4. The van der Waals surface area contributed by atoms with Gasteiger partial charge in [-0.2, -0.15) is 0 Å². The molecule has 1 fully saturated rings. The SMILES string of the molecule is CC/C=C\C/C=C\C/C=C\C/C=C\CCCCC(=O)OCC(COC1OC(C(=O)O)C(O)C(O)C1OC(=O)CCCCCCCCCCC)OC(=O)CCCCCCC/C=C\CCCCCC. The normalized spacial score (nSPS) is 19.3. The summed E-state index contributed by atoms with van der Waals surface area (Å²) in [6, 6.07) is 0. The van der Waals surface area contributed by atoms with Gasteiger partial charge in [-0.25, -0.2) is 4.79 Å². The molecule has 6 atom stereocenters. The second-order valence-electron chi connectivity index (χ2n) is 17.8. The molecule has 384 valence electrons. The van der Waals surface area contributed by atoms with Gasteiger partial charge in [0.05, 0.1) is 6.61 Å². The third-order valence-corrected chi connectivity index (χ3v) is 11.6. The molecule has 3 N–H and O–H groups in total. The lowest BCUT2D eigenvalue weighted by molar-refractivity contribution is -0.301. The Labute approximate surface area is 405 Å². The van der Waals surface area contributed by atoms with Gasteiger partial charge in [0.25, 0.3) is 0 Å². The number of aliphatic carboxylic acids is 1. The van der Waals surface area contributed by atoms with Gasteiger partial charge in [0.1, 0.15) is 18.8 Å². The predicted octanol–water partition coefficient (Wildman–Crippen LogP) is 12.4. The number of carbonyl (C=O) groups excluding carboxylic acids is 3. The van der Waals surface area contributed by atoms with E-state index in [-0.39, 0.29) is 25.9 Å². The van der Waals surface area contributed by atoms with Gasteiger partial charge in [0.15, 0.2) is 24.6 Å². The number of hydrogen-bond acceptors (Lipinski definition) is 11. The first-order valence-electron chi connectivity index (χ1n) is 26.3. The fraction of sp³-hybridized carbons (Fsp3) is 0.745. The van der Waals surface area contributed by atoms with Crippen LogP contribution in [0.2, 0.25) is 0 Å². The van der Waals surface area contributed by atoms with Gasteiger partial charge < -0.3 is 39.0 Å². The number of allylic oxidation sites excluding steroid dienone is 10. The summed E-state index contributed by atoms with van der Waals surface area (Å²) in [7, 11) is 0. The van der Waals surface area contributed by atoms with E-state index in [9.17, 15) is 34.5 Å². The number of unbranched alkanes of at least 4 members (excludes halogenated alkanes) is 19. The lowest BCUT2D eigenvalue weighted by atomic mass is 9.98. The first-order valence-corrected chi connectivity index (χ1v) is 26.3. The van der Waals surface area contributed by atoms with Crippen molar-refractivity contribution in [2.45, 2.75) is 250 Å². The van der Waals surface area contributed by atoms with E-state index < -0.39 is 67.3 Å². The van der Waals surface area contributed by atoms with Crippen LogP contribution in [0.5, 0.6) is 0 Å². The van der Waals surface area contributed by atoms with Gasteiger partial charge >= 0.3 is 23.9 Å². The molecule has 1 saturated heterocycles. The van der Waals surface area contributed by atoms with Crippen LogP contribution in [0.3, 0.4) is 0 Å². The van der Waals surface area contributed by atoms with E-state index in [1.54, 1.807) is 0 Å². The Kier molecular flexibility index (Phi) is 40.1. The lowest BCUT2D eigenvalue weighted by Crippen LogP contribution is -2.61. The van der Waals surface area contributed by atoms with Crippen LogP contribution in [0.1, 0.15) is 213 Å². The third-order valence-electron chi connectivity index (χ3n) is 11.6. The van der Waals surface area contributed by atoms with Crippen LogP contribution in [0.4, 0.5) is 0 Å². The lowest BCUT2D eigenvalue weighted by Gasteiger charge is -2.40. The summed E-state index contributed by atoms with van der Waals surface area (Å²) >= 11 is 0. The molecule has 67 heavy (non-hydrogen) atoms. The fourth-order valence-corrected chi connectivity index (χ4v) is 7.53. The van der Waals surface area contributed by atoms with E-state index in [1.807, 2.05) is 0 Å². The molecular formula is C55H92O12. The van der Waals surface area contributed by atoms with Gasteiger partial charge in [0, 0.05) is 19.3 Å². The van der Waals surface area contributed by atoms with Gasteiger partial charge in [-0.3, -0.25) is 14.4 Å². The van der Waals surface area contributed by atoms with Gasteiger partial charge in [0.2, 0.25) is 0 Å². The summed E-state index contributed by atoms with van der Waals surface area (Å²) < 4.78 is 28.2. The number of rotatable bonds is 43. The van der Waals surface area contributed by atoms with Crippen LogP contribution in [0, 0.1) is 0 Å². The molecule has 0 aromatic rings. The van der Waals surface area contributed by atoms with Crippen molar-refractivity contribution in [3.05, 3.63) is 60.8 Å². The van der Waals surface area contributed by atoms with E-state index in [2.05, 4.69) is 81.5 Å². The molecule has 0 aromatic carbocycles. The molecule has 0 aliphatic carbocycles. The largest absolute Gasteiger partial charge is 0.479 e. The number of carboxylic acids is 1. The van der Waals surface area contributed by atoms with Crippen LogP contribution < -0.4 is 0 Å². The summed E-state index contributed by atoms with van der Waals surface area (Å²) in [4.78, 5) is 50.7. The second kappa shape index (κ2) is 43.7. The van der Waals surface area contributed by atoms with Crippen molar-refractivity contribution in [2.75, 3.05) is 13.2 Å². The zero-order valence-corrected chi connectivity index (χ0v) is 41.9. The molecule has 1 rings (SSSR count). The zero-order valence-electron chi connectivity index (χ0n) is 41.9. The first-order chi connectivity index (χ1) is 32.6. The van der Waals surface area contributed by atoms with Crippen molar-refractivity contribution in [1.82, 2.24) is 0 Å². The maximum Gasteiger partial charge on any atom is 0.335 e. The highest BCUT2D eigenvalue weighted by Crippen LogP contribution is 2.26. The minimum absolute atomic E-state index is 0.0557. The molecule has 0 spiro atoms. The highest BCUT2D eigenvalue weighted by molar-refractivity contribution is 5.74. The highest BCUT2D eigenvalue weighted by atomic mass is 16.7. The van der Waals surface area contributed by atoms with E-state index >= 15 is 0 Å². The molecule has 1 aliphatic rings. The Morgan fingerprint density at radius 2 is 0.940 bits per heavy atom. The molecule has 0 bridgehead atoms. The summed E-state index contributed by atoms with van der Waals surface area (Å²) in [6.07, 6.45) is 39.4. The summed E-state index contributed by atoms with van der Waals surface area (Å²) in [5, 5.41) is 31.3. The Balaban J connectivity index is 2.76. The van der Waals surface area contributed by atoms with Crippen LogP contribution in [0.25, 0.3) is 0 Å². The molecular weight excluding hydrogens is 853 g/mol. The van der Waals surface area contributed by atoms with Crippen LogP contribution in [-0.2, 0) is 42.9 Å². The van der Waals surface area contributed by atoms with Crippen molar-refractivity contribution in [3.63, 3.8) is 0 Å². The minimum Gasteiger partial charge on any atom is -0.479 e. The van der Waals surface area contributed by atoms with Crippen molar-refractivity contribution < 1.29 is 58.2 Å². The fourth-order valence-electron chi connectivity index (χ4n) is 7.53. The maximum absolute atomic E-state index is 13.1. The first kappa shape index (κ1) is 61.4. The third kappa shape index (κ3) is 34.4. The van der Waals surface area contributed by atoms with Gasteiger partial charge in [-0.1, -0.05) is 171 Å². The number of aliphatic hydroxyl groups is 2. The second-order valence-corrected chi connectivity index (χ2v) is 17.8. The van der Waals surface area contributed by atoms with E-state index in [1.165, 1.54) is 51.4 Å². The molecule has 1 heterocycles. The van der Waals surface area contributed by atoms with Crippen molar-refractivity contribution in [1.29, 1.82) is 0 Å². The molecule has 0 aromatic heterocycles. The molecule has 0 radical (unpaired) electrons. The van der Waals surface area contributed by atoms with E-state index in [4.69, 9.17) is 23.7 Å². The molecule has 1 aliphatic heterocycles. The average Bonchev–Trinajstić information content (AvgIpc) is 3.31. The monoisotopic (exact) mass is 945 g/mol. The summed E-state index contributed by atoms with van der Waals surface area (Å²) in [6.45, 7) is 5.76. The van der Waals surface area contributed by atoms with Crippen molar-refractivity contribution >= 4 is 23.9 Å². The van der Waals surface area contributed by atoms with Crippen molar-refractivity contribution in [2.24, 2.45) is 0 Å². The Hall–Kier alpha value is -3.58. The summed E-state index contributed by atoms with van der Waals surface area (Å²) in [5.41, 5.74) is 0. The predicted molar refractivity (Wildman–Crippen MR) is 266 cm³/mol. The smallest absolute Gasteiger partial charge is 0.335 e. The quantitative estimate of drug-likeness (QED) is 0.0229. The van der Waals surface area contributed by atoms with Crippen LogP contribution in [-0.4, -0.2) is 89.2 Å². The highest BCUT2D eigenvalue weighted by Gasteiger charge is 2.50. The molecule has 6 unspecified atom stereocenters. The Morgan fingerprint density at radius 1 is 0.507 bits per heavy atom. The Bertz CT molecular complexity index is 1400. The maximum atomic E-state index is 13.1. The number of ether oxygens (including phenoxy) is 5. The number of aliphatic hydroxyl groups excluding tert-OH is 2.